The number of nitrogens with zero attached hydrogens (tertiary/aromatic N) is 1. The second-order valence-electron chi connectivity index (χ2n) is 5.15. The number of nitrogens with one attached hydrogen (secondary N) is 1. The molecule has 0 unspecified atom stereocenters. The van der Waals surface area contributed by atoms with Gasteiger partial charge in [0.2, 0.25) is 5.91 Å². The Balaban J connectivity index is 1.90. The number of amides is 1. The minimum atomic E-state index is -0.0293. The van der Waals surface area contributed by atoms with E-state index < -0.39 is 0 Å². The Bertz CT molecular complexity index is 465. The number of hydrogen-bond acceptors (Lipinski definition) is 2. The second kappa shape index (κ2) is 6.60. The van der Waals surface area contributed by atoms with Crippen LogP contribution in [0.15, 0.2) is 18.2 Å². The number of hydrogen-bond donors (Lipinski definition) is 1. The summed E-state index contributed by atoms with van der Waals surface area (Å²) in [6.45, 7) is 4.62. The van der Waals surface area contributed by atoms with Crippen LogP contribution in [0.3, 0.4) is 0 Å². The van der Waals surface area contributed by atoms with Gasteiger partial charge in [0.05, 0.1) is 17.3 Å². The molecule has 0 radical (unpaired) electrons. The largest absolute Gasteiger partial charge is 0.324 e. The smallest absolute Gasteiger partial charge is 0.238 e. The van der Waals surface area contributed by atoms with Crippen molar-refractivity contribution in [2.24, 2.45) is 5.92 Å². The number of carbonyl (C=O) groups excluding carboxylic acids is 1. The third kappa shape index (κ3) is 4.37. The summed E-state index contributed by atoms with van der Waals surface area (Å²) in [5, 5.41) is 3.86. The molecule has 1 amide bonds. The number of benzene rings is 1. The molecule has 1 atom stereocenters. The van der Waals surface area contributed by atoms with Crippen molar-refractivity contribution < 1.29 is 4.79 Å². The molecule has 1 heterocycles. The van der Waals surface area contributed by atoms with Gasteiger partial charge in [-0.3, -0.25) is 9.69 Å². The maximum atomic E-state index is 12.0. The summed E-state index contributed by atoms with van der Waals surface area (Å²) in [6.07, 6.45) is 2.41. The van der Waals surface area contributed by atoms with Crippen LogP contribution in [0.1, 0.15) is 19.8 Å². The van der Waals surface area contributed by atoms with Gasteiger partial charge in [0.25, 0.3) is 0 Å². The van der Waals surface area contributed by atoms with Crippen LogP contribution >= 0.6 is 23.2 Å². The zero-order chi connectivity index (χ0) is 13.8. The lowest BCUT2D eigenvalue weighted by molar-refractivity contribution is -0.117. The molecule has 0 aromatic heterocycles. The van der Waals surface area contributed by atoms with Gasteiger partial charge in [-0.2, -0.15) is 0 Å². The predicted octanol–water partition coefficient (Wildman–Crippen LogP) is 3.66. The summed E-state index contributed by atoms with van der Waals surface area (Å²) < 4.78 is 0. The fraction of sp³-hybridized carbons (Fsp3) is 0.500. The topological polar surface area (TPSA) is 32.3 Å². The summed E-state index contributed by atoms with van der Waals surface area (Å²) in [5.41, 5.74) is 0.612. The van der Waals surface area contributed by atoms with Gasteiger partial charge in [-0.15, -0.1) is 0 Å². The van der Waals surface area contributed by atoms with E-state index >= 15 is 0 Å². The fourth-order valence-electron chi connectivity index (χ4n) is 2.41. The summed E-state index contributed by atoms with van der Waals surface area (Å²) in [7, 11) is 0. The molecule has 0 spiro atoms. The monoisotopic (exact) mass is 300 g/mol. The fourth-order valence-corrected chi connectivity index (χ4v) is 2.87. The van der Waals surface area contributed by atoms with Gasteiger partial charge >= 0.3 is 0 Å². The van der Waals surface area contributed by atoms with E-state index in [2.05, 4.69) is 17.1 Å². The Hall–Kier alpha value is -0.770. The van der Waals surface area contributed by atoms with Crippen LogP contribution in [0, 0.1) is 5.92 Å². The molecule has 1 aromatic rings. The Morgan fingerprint density at radius 1 is 1.47 bits per heavy atom. The first kappa shape index (κ1) is 14.6. The number of carbonyl (C=O) groups is 1. The van der Waals surface area contributed by atoms with E-state index in [-0.39, 0.29) is 5.91 Å². The van der Waals surface area contributed by atoms with Gasteiger partial charge < -0.3 is 5.32 Å². The molecule has 0 saturated carbocycles. The summed E-state index contributed by atoms with van der Waals surface area (Å²) in [5.74, 6) is 0.638. The van der Waals surface area contributed by atoms with Crippen LogP contribution < -0.4 is 5.32 Å². The molecule has 104 valence electrons. The van der Waals surface area contributed by atoms with Gasteiger partial charge in [0, 0.05) is 11.6 Å². The lowest BCUT2D eigenvalue weighted by atomic mass is 10.0. The van der Waals surface area contributed by atoms with Crippen LogP contribution in [0.25, 0.3) is 0 Å². The van der Waals surface area contributed by atoms with Gasteiger partial charge in [0.1, 0.15) is 0 Å². The quantitative estimate of drug-likeness (QED) is 0.924. The van der Waals surface area contributed by atoms with Gasteiger partial charge in [0.15, 0.2) is 0 Å². The number of halogens is 2. The second-order valence-corrected chi connectivity index (χ2v) is 6.00. The van der Waals surface area contributed by atoms with Crippen molar-refractivity contribution >= 4 is 34.8 Å². The molecule has 1 aliphatic rings. The van der Waals surface area contributed by atoms with E-state index in [1.807, 2.05) is 0 Å². The molecule has 1 fully saturated rings. The molecular formula is C14H18Cl2N2O. The highest BCUT2D eigenvalue weighted by Gasteiger charge is 2.18. The highest BCUT2D eigenvalue weighted by Crippen LogP contribution is 2.25. The minimum absolute atomic E-state index is 0.0293. The van der Waals surface area contributed by atoms with Crippen LogP contribution in [-0.4, -0.2) is 30.4 Å². The number of anilines is 1. The standard InChI is InChI=1S/C14H18Cl2N2O/c1-10-3-2-6-18(8-10)9-14(19)17-13-5-4-11(15)7-12(13)16/h4-5,7,10H,2-3,6,8-9H2,1H3,(H,17,19)/t10-/m0/s1. The first-order valence-electron chi connectivity index (χ1n) is 6.52. The molecule has 1 aromatic carbocycles. The minimum Gasteiger partial charge on any atom is -0.324 e. The van der Waals surface area contributed by atoms with E-state index in [4.69, 9.17) is 23.2 Å². The van der Waals surface area contributed by atoms with E-state index in [1.165, 1.54) is 6.42 Å². The van der Waals surface area contributed by atoms with Crippen molar-refractivity contribution in [2.75, 3.05) is 25.0 Å². The molecule has 0 bridgehead atoms. The van der Waals surface area contributed by atoms with E-state index in [9.17, 15) is 4.79 Å². The molecule has 1 aliphatic heterocycles. The van der Waals surface area contributed by atoms with Crippen molar-refractivity contribution in [1.29, 1.82) is 0 Å². The molecule has 1 N–H and O–H groups in total. The average Bonchev–Trinajstić information content (AvgIpc) is 2.33. The van der Waals surface area contributed by atoms with Crippen molar-refractivity contribution in [3.05, 3.63) is 28.2 Å². The average molecular weight is 301 g/mol. The maximum absolute atomic E-state index is 12.0. The maximum Gasteiger partial charge on any atom is 0.238 e. The Labute approximate surface area is 123 Å². The third-order valence-electron chi connectivity index (χ3n) is 3.31. The molecule has 0 aliphatic carbocycles. The van der Waals surface area contributed by atoms with Gasteiger partial charge in [-0.05, 0) is 43.5 Å². The van der Waals surface area contributed by atoms with Crippen molar-refractivity contribution in [3.8, 4) is 0 Å². The highest BCUT2D eigenvalue weighted by atomic mass is 35.5. The van der Waals surface area contributed by atoms with Crippen molar-refractivity contribution in [2.45, 2.75) is 19.8 Å². The molecule has 1 saturated heterocycles. The van der Waals surface area contributed by atoms with Crippen LogP contribution in [0.5, 0.6) is 0 Å². The number of likely N-dealkylation sites (tertiary alicyclic amines) is 1. The van der Waals surface area contributed by atoms with Crippen LogP contribution in [0.4, 0.5) is 5.69 Å². The van der Waals surface area contributed by atoms with E-state index in [0.717, 1.165) is 19.5 Å². The first-order valence-corrected chi connectivity index (χ1v) is 7.27. The van der Waals surface area contributed by atoms with Crippen LogP contribution in [0.2, 0.25) is 10.0 Å². The predicted molar refractivity (Wildman–Crippen MR) is 79.9 cm³/mol. The Morgan fingerprint density at radius 3 is 2.95 bits per heavy atom. The van der Waals surface area contributed by atoms with Gasteiger partial charge in [-0.25, -0.2) is 0 Å². The van der Waals surface area contributed by atoms with Crippen LogP contribution in [-0.2, 0) is 4.79 Å². The van der Waals surface area contributed by atoms with Gasteiger partial charge in [-0.1, -0.05) is 30.1 Å². The first-order chi connectivity index (χ1) is 9.04. The molecule has 2 rings (SSSR count). The summed E-state index contributed by atoms with van der Waals surface area (Å²) in [4.78, 5) is 14.2. The normalized spacial score (nSPS) is 20.3. The number of piperidine rings is 1. The molecule has 19 heavy (non-hydrogen) atoms. The Kier molecular flexibility index (Phi) is 5.08. The number of rotatable bonds is 3. The van der Waals surface area contributed by atoms with E-state index in [0.29, 0.717) is 28.2 Å². The van der Waals surface area contributed by atoms with Crippen molar-refractivity contribution in [3.63, 3.8) is 0 Å². The molecular weight excluding hydrogens is 283 g/mol. The zero-order valence-corrected chi connectivity index (χ0v) is 12.5. The molecule has 3 nitrogen and oxygen atoms in total. The summed E-state index contributed by atoms with van der Waals surface area (Å²) >= 11 is 11.8. The summed E-state index contributed by atoms with van der Waals surface area (Å²) in [6, 6.07) is 5.06. The lowest BCUT2D eigenvalue weighted by Gasteiger charge is -2.30. The highest BCUT2D eigenvalue weighted by molar-refractivity contribution is 6.36. The molecule has 5 heteroatoms. The van der Waals surface area contributed by atoms with E-state index in [1.54, 1.807) is 18.2 Å². The SMILES string of the molecule is C[C@H]1CCCN(CC(=O)Nc2ccc(Cl)cc2Cl)C1. The Morgan fingerprint density at radius 2 is 2.26 bits per heavy atom. The third-order valence-corrected chi connectivity index (χ3v) is 3.86. The lowest BCUT2D eigenvalue weighted by Crippen LogP contribution is -2.39. The zero-order valence-electron chi connectivity index (χ0n) is 11.0. The van der Waals surface area contributed by atoms with Crippen molar-refractivity contribution in [1.82, 2.24) is 4.90 Å².